The minimum absolute atomic E-state index is 0.104. The van der Waals surface area contributed by atoms with E-state index >= 15 is 0 Å². The second kappa shape index (κ2) is 5.91. The molecule has 0 N–H and O–H groups in total. The van der Waals surface area contributed by atoms with Crippen molar-refractivity contribution in [3.63, 3.8) is 0 Å². The van der Waals surface area contributed by atoms with Gasteiger partial charge in [0.1, 0.15) is 0 Å². The van der Waals surface area contributed by atoms with Crippen LogP contribution in [0.3, 0.4) is 0 Å². The van der Waals surface area contributed by atoms with Crippen LogP contribution >= 0.6 is 0 Å². The van der Waals surface area contributed by atoms with Crippen molar-refractivity contribution >= 4 is 16.9 Å². The molecule has 0 saturated heterocycles. The monoisotopic (exact) mass is 259 g/mol. The van der Waals surface area contributed by atoms with Gasteiger partial charge in [-0.25, -0.2) is 0 Å². The molecule has 0 saturated carbocycles. The first kappa shape index (κ1) is 13.7. The lowest BCUT2D eigenvalue weighted by Gasteiger charge is -2.08. The van der Waals surface area contributed by atoms with Gasteiger partial charge in [-0.3, -0.25) is 4.79 Å². The molecule has 0 amide bonds. The van der Waals surface area contributed by atoms with E-state index in [4.69, 9.17) is 4.74 Å². The highest BCUT2D eigenvalue weighted by atomic mass is 16.5. The van der Waals surface area contributed by atoms with E-state index in [1.807, 2.05) is 6.92 Å². The maximum absolute atomic E-state index is 11.3. The van der Waals surface area contributed by atoms with Gasteiger partial charge >= 0.3 is 5.97 Å². The van der Waals surface area contributed by atoms with E-state index in [1.165, 1.54) is 22.2 Å². The minimum Gasteiger partial charge on any atom is -0.466 e. The Morgan fingerprint density at radius 1 is 1.32 bits per heavy atom. The molecule has 0 radical (unpaired) electrons. The number of carbonyl (C=O) groups excluding carboxylic acids is 1. The Bertz CT molecular complexity index is 584. The lowest BCUT2D eigenvalue weighted by molar-refractivity contribution is -0.143. The Balaban J connectivity index is 2.10. The van der Waals surface area contributed by atoms with Gasteiger partial charge in [-0.15, -0.1) is 0 Å². The fraction of sp³-hybridized carbons (Fsp3) is 0.438. The summed E-state index contributed by atoms with van der Waals surface area (Å²) in [5.74, 6) is -0.104. The minimum atomic E-state index is -0.104. The molecule has 0 atom stereocenters. The lowest BCUT2D eigenvalue weighted by Crippen LogP contribution is -2.07. The summed E-state index contributed by atoms with van der Waals surface area (Å²) in [7, 11) is 0. The standard InChI is InChI=1S/C16H21NO2/c1-4-19-16(18)9-6-10-17-13(3)11-14-12(2)7-5-8-15(14)17/h5,7-8,11H,4,6,9-10H2,1-3H3. The molecule has 0 spiro atoms. The maximum atomic E-state index is 11.3. The topological polar surface area (TPSA) is 31.2 Å². The van der Waals surface area contributed by atoms with Crippen LogP contribution in [-0.4, -0.2) is 17.1 Å². The Kier molecular flexibility index (Phi) is 4.25. The number of hydrogen-bond acceptors (Lipinski definition) is 2. The van der Waals surface area contributed by atoms with Crippen LogP contribution in [-0.2, 0) is 16.1 Å². The van der Waals surface area contributed by atoms with Crippen LogP contribution in [0.5, 0.6) is 0 Å². The third kappa shape index (κ3) is 2.98. The zero-order chi connectivity index (χ0) is 13.8. The summed E-state index contributed by atoms with van der Waals surface area (Å²) in [5, 5.41) is 1.30. The lowest BCUT2D eigenvalue weighted by atomic mass is 10.1. The number of esters is 1. The van der Waals surface area contributed by atoms with E-state index in [9.17, 15) is 4.79 Å². The second-order valence-corrected chi connectivity index (χ2v) is 4.85. The number of nitrogens with zero attached hydrogens (tertiary/aromatic N) is 1. The molecule has 0 aliphatic heterocycles. The number of hydrogen-bond donors (Lipinski definition) is 0. The average molecular weight is 259 g/mol. The first-order valence-electron chi connectivity index (χ1n) is 6.84. The number of aryl methyl sites for hydroxylation is 3. The van der Waals surface area contributed by atoms with Crippen molar-refractivity contribution in [2.75, 3.05) is 6.61 Å². The van der Waals surface area contributed by atoms with Crippen molar-refractivity contribution in [3.05, 3.63) is 35.5 Å². The molecule has 2 rings (SSSR count). The second-order valence-electron chi connectivity index (χ2n) is 4.85. The van der Waals surface area contributed by atoms with Gasteiger partial charge in [-0.05, 0) is 44.9 Å². The molecule has 3 nitrogen and oxygen atoms in total. The third-order valence-corrected chi connectivity index (χ3v) is 3.44. The van der Waals surface area contributed by atoms with E-state index in [0.717, 1.165) is 13.0 Å². The third-order valence-electron chi connectivity index (χ3n) is 3.44. The van der Waals surface area contributed by atoms with Gasteiger partial charge in [0, 0.05) is 29.6 Å². The van der Waals surface area contributed by atoms with Gasteiger partial charge in [-0.1, -0.05) is 12.1 Å². The smallest absolute Gasteiger partial charge is 0.305 e. The largest absolute Gasteiger partial charge is 0.466 e. The number of ether oxygens (including phenoxy) is 1. The molecule has 2 aromatic rings. The van der Waals surface area contributed by atoms with Crippen LogP contribution in [0, 0.1) is 13.8 Å². The summed E-state index contributed by atoms with van der Waals surface area (Å²) < 4.78 is 7.23. The molecular weight excluding hydrogens is 238 g/mol. The zero-order valence-corrected chi connectivity index (χ0v) is 11.9. The summed E-state index contributed by atoms with van der Waals surface area (Å²) in [6.07, 6.45) is 1.30. The van der Waals surface area contributed by atoms with E-state index in [0.29, 0.717) is 13.0 Å². The number of carbonyl (C=O) groups is 1. The SMILES string of the molecule is CCOC(=O)CCCn1c(C)cc2c(C)cccc21. The summed E-state index contributed by atoms with van der Waals surface area (Å²) in [6, 6.07) is 8.57. The summed E-state index contributed by atoms with van der Waals surface area (Å²) in [6.45, 7) is 7.40. The first-order chi connectivity index (χ1) is 9.13. The zero-order valence-electron chi connectivity index (χ0n) is 11.9. The molecule has 0 bridgehead atoms. The van der Waals surface area contributed by atoms with Crippen LogP contribution in [0.1, 0.15) is 31.0 Å². The van der Waals surface area contributed by atoms with Crippen LogP contribution in [0.15, 0.2) is 24.3 Å². The molecule has 1 aromatic heterocycles. The van der Waals surface area contributed by atoms with Crippen molar-refractivity contribution in [1.82, 2.24) is 4.57 Å². The Morgan fingerprint density at radius 3 is 2.84 bits per heavy atom. The molecule has 0 aliphatic carbocycles. The predicted octanol–water partition coefficient (Wildman–Crippen LogP) is 3.60. The quantitative estimate of drug-likeness (QED) is 0.768. The number of aromatic nitrogens is 1. The number of fused-ring (bicyclic) bond motifs is 1. The average Bonchev–Trinajstić information content (AvgIpc) is 2.68. The van der Waals surface area contributed by atoms with Crippen LogP contribution in [0.4, 0.5) is 0 Å². The van der Waals surface area contributed by atoms with Gasteiger partial charge in [0.15, 0.2) is 0 Å². The fourth-order valence-electron chi connectivity index (χ4n) is 2.48. The molecule has 0 fully saturated rings. The fourth-order valence-corrected chi connectivity index (χ4v) is 2.48. The van der Waals surface area contributed by atoms with E-state index in [2.05, 4.69) is 42.7 Å². The van der Waals surface area contributed by atoms with Crippen molar-refractivity contribution < 1.29 is 9.53 Å². The van der Waals surface area contributed by atoms with Gasteiger partial charge < -0.3 is 9.30 Å². The molecule has 1 aromatic carbocycles. The van der Waals surface area contributed by atoms with Crippen molar-refractivity contribution in [1.29, 1.82) is 0 Å². The Hall–Kier alpha value is -1.77. The van der Waals surface area contributed by atoms with Crippen molar-refractivity contribution in [3.8, 4) is 0 Å². The Morgan fingerprint density at radius 2 is 2.11 bits per heavy atom. The van der Waals surface area contributed by atoms with Gasteiger partial charge in [-0.2, -0.15) is 0 Å². The first-order valence-corrected chi connectivity index (χ1v) is 6.84. The van der Waals surface area contributed by atoms with E-state index < -0.39 is 0 Å². The van der Waals surface area contributed by atoms with Crippen molar-refractivity contribution in [2.45, 2.75) is 40.2 Å². The van der Waals surface area contributed by atoms with Gasteiger partial charge in [0.25, 0.3) is 0 Å². The number of rotatable bonds is 5. The molecule has 102 valence electrons. The van der Waals surface area contributed by atoms with Crippen LogP contribution < -0.4 is 0 Å². The van der Waals surface area contributed by atoms with Crippen LogP contribution in [0.25, 0.3) is 10.9 Å². The maximum Gasteiger partial charge on any atom is 0.305 e. The number of benzene rings is 1. The molecule has 3 heteroatoms. The predicted molar refractivity (Wildman–Crippen MR) is 77.3 cm³/mol. The van der Waals surface area contributed by atoms with Gasteiger partial charge in [0.2, 0.25) is 0 Å². The van der Waals surface area contributed by atoms with E-state index in [1.54, 1.807) is 0 Å². The van der Waals surface area contributed by atoms with E-state index in [-0.39, 0.29) is 5.97 Å². The normalized spacial score (nSPS) is 10.9. The highest BCUT2D eigenvalue weighted by molar-refractivity contribution is 5.84. The summed E-state index contributed by atoms with van der Waals surface area (Å²) in [4.78, 5) is 11.3. The van der Waals surface area contributed by atoms with Crippen LogP contribution in [0.2, 0.25) is 0 Å². The highest BCUT2D eigenvalue weighted by Crippen LogP contribution is 2.23. The molecule has 19 heavy (non-hydrogen) atoms. The molecule has 0 unspecified atom stereocenters. The highest BCUT2D eigenvalue weighted by Gasteiger charge is 2.08. The summed E-state index contributed by atoms with van der Waals surface area (Å²) >= 11 is 0. The van der Waals surface area contributed by atoms with Gasteiger partial charge in [0.05, 0.1) is 6.61 Å². The summed E-state index contributed by atoms with van der Waals surface area (Å²) in [5.41, 5.74) is 3.79. The molecule has 1 heterocycles. The molecule has 0 aliphatic rings. The molecular formula is C16H21NO2. The Labute approximate surface area is 114 Å². The van der Waals surface area contributed by atoms with Crippen molar-refractivity contribution in [2.24, 2.45) is 0 Å².